The molecule has 0 spiro atoms. The third-order valence-electron chi connectivity index (χ3n) is 5.57. The van der Waals surface area contributed by atoms with Gasteiger partial charge in [0.15, 0.2) is 0 Å². The van der Waals surface area contributed by atoms with E-state index in [1.165, 1.54) is 64.7 Å². The normalized spacial score (nSPS) is 35.1. The fraction of sp³-hybridized carbons (Fsp3) is 1.00. The van der Waals surface area contributed by atoms with Crippen LogP contribution in [0.3, 0.4) is 0 Å². The Balaban J connectivity index is 1.43. The minimum atomic E-state index is 0.763. The van der Waals surface area contributed by atoms with Crippen molar-refractivity contribution in [1.82, 2.24) is 15.1 Å². The molecule has 0 bridgehead atoms. The summed E-state index contributed by atoms with van der Waals surface area (Å²) in [6.07, 6.45) is 8.40. The first-order chi connectivity index (χ1) is 9.24. The Kier molecular flexibility index (Phi) is 4.45. The van der Waals surface area contributed by atoms with Gasteiger partial charge < -0.3 is 15.1 Å². The van der Waals surface area contributed by atoms with Crippen LogP contribution in [0, 0.1) is 5.92 Å². The monoisotopic (exact) mass is 265 g/mol. The van der Waals surface area contributed by atoms with Crippen molar-refractivity contribution in [3.05, 3.63) is 0 Å². The van der Waals surface area contributed by atoms with E-state index in [0.29, 0.717) is 0 Å². The van der Waals surface area contributed by atoms with Gasteiger partial charge in [0.1, 0.15) is 0 Å². The lowest BCUT2D eigenvalue weighted by atomic mass is 9.83. The molecule has 2 aliphatic heterocycles. The summed E-state index contributed by atoms with van der Waals surface area (Å²) in [6, 6.07) is 2.51. The molecular formula is C16H31N3. The van der Waals surface area contributed by atoms with E-state index in [9.17, 15) is 0 Å². The van der Waals surface area contributed by atoms with Gasteiger partial charge in [0.25, 0.3) is 0 Å². The second kappa shape index (κ2) is 6.11. The SMILES string of the molecule is CC(CCNC1CC1)N1CCC2C(CCCN2C)C1. The molecule has 0 radical (unpaired) electrons. The highest BCUT2D eigenvalue weighted by Crippen LogP contribution is 2.30. The van der Waals surface area contributed by atoms with Crippen LogP contribution in [0.1, 0.15) is 45.4 Å². The number of rotatable bonds is 5. The first kappa shape index (κ1) is 13.8. The van der Waals surface area contributed by atoms with Crippen molar-refractivity contribution in [1.29, 1.82) is 0 Å². The van der Waals surface area contributed by atoms with Crippen LogP contribution in [0.5, 0.6) is 0 Å². The second-order valence-electron chi connectivity index (χ2n) is 7.10. The molecule has 3 nitrogen and oxygen atoms in total. The minimum absolute atomic E-state index is 0.763. The molecule has 110 valence electrons. The molecule has 3 rings (SSSR count). The van der Waals surface area contributed by atoms with Gasteiger partial charge in [0.2, 0.25) is 0 Å². The van der Waals surface area contributed by atoms with Crippen LogP contribution in [0.2, 0.25) is 0 Å². The number of likely N-dealkylation sites (tertiary alicyclic amines) is 2. The quantitative estimate of drug-likeness (QED) is 0.819. The van der Waals surface area contributed by atoms with Gasteiger partial charge in [-0.15, -0.1) is 0 Å². The maximum Gasteiger partial charge on any atom is 0.0145 e. The van der Waals surface area contributed by atoms with Crippen LogP contribution in [-0.2, 0) is 0 Å². The average molecular weight is 265 g/mol. The van der Waals surface area contributed by atoms with Crippen molar-refractivity contribution in [3.63, 3.8) is 0 Å². The van der Waals surface area contributed by atoms with Crippen LogP contribution in [0.25, 0.3) is 0 Å². The predicted molar refractivity (Wildman–Crippen MR) is 80.4 cm³/mol. The predicted octanol–water partition coefficient (Wildman–Crippen LogP) is 1.93. The largest absolute Gasteiger partial charge is 0.314 e. The van der Waals surface area contributed by atoms with E-state index in [1.54, 1.807) is 0 Å². The van der Waals surface area contributed by atoms with E-state index in [1.807, 2.05) is 0 Å². The summed E-state index contributed by atoms with van der Waals surface area (Å²) in [5.74, 6) is 0.936. The van der Waals surface area contributed by atoms with Gasteiger partial charge in [-0.1, -0.05) is 0 Å². The molecule has 3 aliphatic rings. The van der Waals surface area contributed by atoms with E-state index in [4.69, 9.17) is 0 Å². The Hall–Kier alpha value is -0.120. The lowest BCUT2D eigenvalue weighted by Crippen LogP contribution is -2.54. The molecule has 3 heteroatoms. The Morgan fingerprint density at radius 2 is 2.00 bits per heavy atom. The summed E-state index contributed by atoms with van der Waals surface area (Å²) in [7, 11) is 2.33. The van der Waals surface area contributed by atoms with Gasteiger partial charge >= 0.3 is 0 Å². The highest BCUT2D eigenvalue weighted by molar-refractivity contribution is 4.90. The van der Waals surface area contributed by atoms with Crippen molar-refractivity contribution in [2.24, 2.45) is 5.92 Å². The molecule has 0 amide bonds. The molecule has 0 aromatic heterocycles. The number of nitrogens with one attached hydrogen (secondary N) is 1. The summed E-state index contributed by atoms with van der Waals surface area (Å²) in [6.45, 7) is 7.63. The number of hydrogen-bond acceptors (Lipinski definition) is 3. The first-order valence-corrected chi connectivity index (χ1v) is 8.41. The van der Waals surface area contributed by atoms with Crippen molar-refractivity contribution >= 4 is 0 Å². The molecule has 1 N–H and O–H groups in total. The molecule has 1 aliphatic carbocycles. The maximum absolute atomic E-state index is 3.66. The van der Waals surface area contributed by atoms with Crippen LogP contribution < -0.4 is 5.32 Å². The summed E-state index contributed by atoms with van der Waals surface area (Å²) < 4.78 is 0. The fourth-order valence-corrected chi connectivity index (χ4v) is 4.05. The Labute approximate surface area is 118 Å². The fourth-order valence-electron chi connectivity index (χ4n) is 4.05. The molecule has 0 aromatic carbocycles. The van der Waals surface area contributed by atoms with Gasteiger partial charge in [-0.25, -0.2) is 0 Å². The zero-order valence-corrected chi connectivity index (χ0v) is 12.8. The first-order valence-electron chi connectivity index (χ1n) is 8.41. The number of nitrogens with zero attached hydrogens (tertiary/aromatic N) is 2. The minimum Gasteiger partial charge on any atom is -0.314 e. The molecule has 2 saturated heterocycles. The smallest absolute Gasteiger partial charge is 0.0145 e. The van der Waals surface area contributed by atoms with E-state index >= 15 is 0 Å². The van der Waals surface area contributed by atoms with Crippen LogP contribution in [0.4, 0.5) is 0 Å². The molecule has 19 heavy (non-hydrogen) atoms. The molecule has 3 atom stereocenters. The number of hydrogen-bond donors (Lipinski definition) is 1. The van der Waals surface area contributed by atoms with E-state index in [0.717, 1.165) is 24.0 Å². The zero-order valence-electron chi connectivity index (χ0n) is 12.8. The van der Waals surface area contributed by atoms with Crippen molar-refractivity contribution in [2.45, 2.75) is 63.6 Å². The maximum atomic E-state index is 3.66. The highest BCUT2D eigenvalue weighted by atomic mass is 15.2. The summed E-state index contributed by atoms with van der Waals surface area (Å²) >= 11 is 0. The van der Waals surface area contributed by atoms with E-state index in [2.05, 4.69) is 29.1 Å². The van der Waals surface area contributed by atoms with Crippen LogP contribution in [0.15, 0.2) is 0 Å². The Bertz CT molecular complexity index is 290. The number of piperidine rings is 2. The average Bonchev–Trinajstić information content (AvgIpc) is 3.23. The van der Waals surface area contributed by atoms with Crippen molar-refractivity contribution in [3.8, 4) is 0 Å². The summed E-state index contributed by atoms with van der Waals surface area (Å²) in [4.78, 5) is 5.37. The van der Waals surface area contributed by atoms with Gasteiger partial charge in [-0.05, 0) is 78.0 Å². The molecular weight excluding hydrogens is 234 g/mol. The van der Waals surface area contributed by atoms with Gasteiger partial charge in [0, 0.05) is 24.7 Å². The number of fused-ring (bicyclic) bond motifs is 1. The third-order valence-corrected chi connectivity index (χ3v) is 5.57. The topological polar surface area (TPSA) is 18.5 Å². The van der Waals surface area contributed by atoms with Gasteiger partial charge in [-0.2, -0.15) is 0 Å². The Morgan fingerprint density at radius 3 is 2.79 bits per heavy atom. The zero-order chi connectivity index (χ0) is 13.2. The van der Waals surface area contributed by atoms with Gasteiger partial charge in [-0.3, -0.25) is 0 Å². The van der Waals surface area contributed by atoms with E-state index < -0.39 is 0 Å². The van der Waals surface area contributed by atoms with Gasteiger partial charge in [0.05, 0.1) is 0 Å². The molecule has 3 fully saturated rings. The molecule has 1 saturated carbocycles. The summed E-state index contributed by atoms with van der Waals surface area (Å²) in [5, 5.41) is 3.66. The lowest BCUT2D eigenvalue weighted by molar-refractivity contribution is 0.0219. The lowest BCUT2D eigenvalue weighted by Gasteiger charge is -2.47. The molecule has 3 unspecified atom stereocenters. The Morgan fingerprint density at radius 1 is 1.16 bits per heavy atom. The molecule has 0 aromatic rings. The third kappa shape index (κ3) is 3.50. The second-order valence-corrected chi connectivity index (χ2v) is 7.10. The van der Waals surface area contributed by atoms with Crippen molar-refractivity contribution in [2.75, 3.05) is 33.2 Å². The van der Waals surface area contributed by atoms with E-state index in [-0.39, 0.29) is 0 Å². The highest BCUT2D eigenvalue weighted by Gasteiger charge is 2.35. The van der Waals surface area contributed by atoms with Crippen molar-refractivity contribution < 1.29 is 0 Å². The van der Waals surface area contributed by atoms with Crippen LogP contribution in [-0.4, -0.2) is 61.2 Å². The molecule has 2 heterocycles. The van der Waals surface area contributed by atoms with Crippen LogP contribution >= 0.6 is 0 Å². The summed E-state index contributed by atoms with van der Waals surface area (Å²) in [5.41, 5.74) is 0. The standard InChI is InChI=1S/C16H31N3/c1-13(7-9-17-15-5-6-15)19-11-8-16-14(12-19)4-3-10-18(16)2/h13-17H,3-12H2,1-2H3.